The molecule has 0 aliphatic heterocycles. The Hall–Kier alpha value is -2.07. The van der Waals surface area contributed by atoms with E-state index >= 15 is 0 Å². The lowest BCUT2D eigenvalue weighted by molar-refractivity contribution is 0.0696. The van der Waals surface area contributed by atoms with E-state index in [0.717, 1.165) is 12.8 Å². The van der Waals surface area contributed by atoms with E-state index in [1.807, 2.05) is 18.2 Å². The Morgan fingerprint density at radius 1 is 1.26 bits per heavy atom. The summed E-state index contributed by atoms with van der Waals surface area (Å²) >= 11 is 0. The number of carboxylic acids is 1. The van der Waals surface area contributed by atoms with E-state index in [4.69, 9.17) is 14.3 Å². The first kappa shape index (κ1) is 13.4. The van der Waals surface area contributed by atoms with Crippen LogP contribution in [0.15, 0.2) is 47.1 Å². The van der Waals surface area contributed by atoms with Gasteiger partial charge in [0.15, 0.2) is 0 Å². The standard InChI is InChI=1S/C15H16O4/c16-15(17)13-9-14(19-10-13)11-18-8-4-7-12-5-2-1-3-6-12/h1-3,5-6,9-10H,4,7-8,11H2,(H,16,17). The van der Waals surface area contributed by atoms with E-state index in [-0.39, 0.29) is 5.56 Å². The van der Waals surface area contributed by atoms with Crippen molar-refractivity contribution >= 4 is 5.97 Å². The van der Waals surface area contributed by atoms with Crippen LogP contribution in [0.1, 0.15) is 28.1 Å². The normalized spacial score (nSPS) is 10.5. The summed E-state index contributed by atoms with van der Waals surface area (Å²) in [4.78, 5) is 10.6. The monoisotopic (exact) mass is 260 g/mol. The van der Waals surface area contributed by atoms with Crippen LogP contribution in [0.5, 0.6) is 0 Å². The van der Waals surface area contributed by atoms with Crippen LogP contribution in [0, 0.1) is 0 Å². The van der Waals surface area contributed by atoms with Crippen LogP contribution in [0.4, 0.5) is 0 Å². The highest BCUT2D eigenvalue weighted by Crippen LogP contribution is 2.09. The van der Waals surface area contributed by atoms with Crippen molar-refractivity contribution in [1.29, 1.82) is 0 Å². The van der Waals surface area contributed by atoms with E-state index in [2.05, 4.69) is 12.1 Å². The first-order valence-electron chi connectivity index (χ1n) is 6.18. The Labute approximate surface area is 111 Å². The van der Waals surface area contributed by atoms with Gasteiger partial charge in [0.2, 0.25) is 0 Å². The van der Waals surface area contributed by atoms with Crippen molar-refractivity contribution in [3.63, 3.8) is 0 Å². The van der Waals surface area contributed by atoms with Gasteiger partial charge >= 0.3 is 5.97 Å². The molecule has 4 heteroatoms. The minimum atomic E-state index is -0.987. The summed E-state index contributed by atoms with van der Waals surface area (Å²) in [7, 11) is 0. The number of ether oxygens (including phenoxy) is 1. The highest BCUT2D eigenvalue weighted by molar-refractivity contribution is 5.87. The molecule has 0 bridgehead atoms. The molecule has 0 saturated carbocycles. The van der Waals surface area contributed by atoms with Crippen molar-refractivity contribution in [2.24, 2.45) is 0 Å². The Kier molecular flexibility index (Phi) is 4.75. The fourth-order valence-electron chi connectivity index (χ4n) is 1.76. The SMILES string of the molecule is O=C(O)c1coc(COCCCc2ccccc2)c1. The highest BCUT2D eigenvalue weighted by Gasteiger charge is 2.07. The predicted molar refractivity (Wildman–Crippen MR) is 70.1 cm³/mol. The van der Waals surface area contributed by atoms with Crippen molar-refractivity contribution in [3.05, 3.63) is 59.5 Å². The molecule has 0 atom stereocenters. The van der Waals surface area contributed by atoms with Crippen LogP contribution in [-0.4, -0.2) is 17.7 Å². The topological polar surface area (TPSA) is 59.7 Å². The highest BCUT2D eigenvalue weighted by atomic mass is 16.5. The number of hydrogen-bond donors (Lipinski definition) is 1. The summed E-state index contributed by atoms with van der Waals surface area (Å²) in [5.74, 6) is -0.448. The van der Waals surface area contributed by atoms with Gasteiger partial charge in [-0.3, -0.25) is 0 Å². The molecule has 2 aromatic rings. The van der Waals surface area contributed by atoms with Gasteiger partial charge in [0.05, 0.1) is 5.56 Å². The minimum Gasteiger partial charge on any atom is -0.478 e. The van der Waals surface area contributed by atoms with E-state index in [0.29, 0.717) is 19.0 Å². The van der Waals surface area contributed by atoms with Gasteiger partial charge in [0.25, 0.3) is 0 Å². The van der Waals surface area contributed by atoms with Gasteiger partial charge in [-0.05, 0) is 24.5 Å². The average Bonchev–Trinajstić information content (AvgIpc) is 2.89. The number of aromatic carboxylic acids is 1. The predicted octanol–water partition coefficient (Wildman–Crippen LogP) is 3.13. The third-order valence-corrected chi connectivity index (χ3v) is 2.74. The summed E-state index contributed by atoms with van der Waals surface area (Å²) in [5, 5.41) is 8.73. The molecular formula is C15H16O4. The molecule has 1 aromatic carbocycles. The van der Waals surface area contributed by atoms with Crippen molar-refractivity contribution in [3.8, 4) is 0 Å². The molecule has 1 heterocycles. The smallest absolute Gasteiger partial charge is 0.338 e. The van der Waals surface area contributed by atoms with Crippen molar-refractivity contribution in [2.45, 2.75) is 19.4 Å². The van der Waals surface area contributed by atoms with E-state index in [9.17, 15) is 4.79 Å². The van der Waals surface area contributed by atoms with Gasteiger partial charge in [-0.25, -0.2) is 4.79 Å². The maximum atomic E-state index is 10.6. The quantitative estimate of drug-likeness (QED) is 0.777. The zero-order valence-corrected chi connectivity index (χ0v) is 10.5. The van der Waals surface area contributed by atoms with Crippen LogP contribution in [0.25, 0.3) is 0 Å². The molecule has 4 nitrogen and oxygen atoms in total. The summed E-state index contributed by atoms with van der Waals surface area (Å²) in [6.07, 6.45) is 3.13. The van der Waals surface area contributed by atoms with E-state index in [1.165, 1.54) is 17.9 Å². The van der Waals surface area contributed by atoms with Crippen LogP contribution >= 0.6 is 0 Å². The molecule has 0 spiro atoms. The Morgan fingerprint density at radius 3 is 2.74 bits per heavy atom. The van der Waals surface area contributed by atoms with Gasteiger partial charge in [-0.1, -0.05) is 30.3 Å². The fraction of sp³-hybridized carbons (Fsp3) is 0.267. The molecule has 0 radical (unpaired) electrons. The van der Waals surface area contributed by atoms with Crippen molar-refractivity contribution in [1.82, 2.24) is 0 Å². The lowest BCUT2D eigenvalue weighted by Gasteiger charge is -2.02. The second-order valence-electron chi connectivity index (χ2n) is 4.25. The lowest BCUT2D eigenvalue weighted by Crippen LogP contribution is -1.97. The number of rotatable bonds is 7. The molecule has 1 aromatic heterocycles. The Morgan fingerprint density at radius 2 is 2.05 bits per heavy atom. The number of furan rings is 1. The molecule has 100 valence electrons. The van der Waals surface area contributed by atoms with Gasteiger partial charge in [0.1, 0.15) is 18.6 Å². The number of hydrogen-bond acceptors (Lipinski definition) is 3. The number of carboxylic acid groups (broad SMARTS) is 1. The third kappa shape index (κ3) is 4.26. The first-order valence-corrected chi connectivity index (χ1v) is 6.18. The van der Waals surface area contributed by atoms with Crippen LogP contribution in [0.3, 0.4) is 0 Å². The van der Waals surface area contributed by atoms with E-state index < -0.39 is 5.97 Å². The molecule has 19 heavy (non-hydrogen) atoms. The van der Waals surface area contributed by atoms with Gasteiger partial charge in [-0.2, -0.15) is 0 Å². The zero-order chi connectivity index (χ0) is 13.5. The van der Waals surface area contributed by atoms with Crippen molar-refractivity contribution in [2.75, 3.05) is 6.61 Å². The molecular weight excluding hydrogens is 244 g/mol. The molecule has 0 unspecified atom stereocenters. The van der Waals surface area contributed by atoms with Gasteiger partial charge in [0, 0.05) is 6.61 Å². The summed E-state index contributed by atoms with van der Waals surface area (Å²) in [5.41, 5.74) is 1.44. The lowest BCUT2D eigenvalue weighted by atomic mass is 10.1. The second-order valence-corrected chi connectivity index (χ2v) is 4.25. The molecule has 0 aliphatic rings. The van der Waals surface area contributed by atoms with Crippen LogP contribution in [0.2, 0.25) is 0 Å². The summed E-state index contributed by atoms with van der Waals surface area (Å²) in [6.45, 7) is 0.931. The summed E-state index contributed by atoms with van der Waals surface area (Å²) < 4.78 is 10.5. The number of aryl methyl sites for hydroxylation is 1. The first-order chi connectivity index (χ1) is 9.25. The molecule has 0 saturated heterocycles. The number of carbonyl (C=O) groups is 1. The van der Waals surface area contributed by atoms with Crippen LogP contribution in [-0.2, 0) is 17.8 Å². The Bertz CT molecular complexity index is 516. The fourth-order valence-corrected chi connectivity index (χ4v) is 1.76. The van der Waals surface area contributed by atoms with Crippen molar-refractivity contribution < 1.29 is 19.1 Å². The van der Waals surface area contributed by atoms with Crippen LogP contribution < -0.4 is 0 Å². The molecule has 0 fully saturated rings. The molecule has 1 N–H and O–H groups in total. The maximum Gasteiger partial charge on any atom is 0.338 e. The van der Waals surface area contributed by atoms with E-state index in [1.54, 1.807) is 0 Å². The molecule has 0 aliphatic carbocycles. The number of benzene rings is 1. The van der Waals surface area contributed by atoms with Gasteiger partial charge in [-0.15, -0.1) is 0 Å². The third-order valence-electron chi connectivity index (χ3n) is 2.74. The largest absolute Gasteiger partial charge is 0.478 e. The molecule has 2 rings (SSSR count). The summed E-state index contributed by atoms with van der Waals surface area (Å²) in [6, 6.07) is 11.7. The Balaban J connectivity index is 1.65. The van der Waals surface area contributed by atoms with Gasteiger partial charge < -0.3 is 14.3 Å². The average molecular weight is 260 g/mol. The molecule has 0 amide bonds. The minimum absolute atomic E-state index is 0.155. The zero-order valence-electron chi connectivity index (χ0n) is 10.5. The maximum absolute atomic E-state index is 10.6. The second kappa shape index (κ2) is 6.75.